The Bertz CT molecular complexity index is 1180. The van der Waals surface area contributed by atoms with E-state index in [1.165, 1.54) is 6.26 Å². The van der Waals surface area contributed by atoms with E-state index in [9.17, 15) is 9.59 Å². The molecule has 5 rings (SSSR count). The van der Waals surface area contributed by atoms with Gasteiger partial charge in [0.05, 0.1) is 12.2 Å². The molecule has 2 aromatic heterocycles. The number of nitrogens with one attached hydrogen (secondary N) is 1. The molecule has 31 heavy (non-hydrogen) atoms. The van der Waals surface area contributed by atoms with Crippen LogP contribution in [0.2, 0.25) is 0 Å². The zero-order valence-corrected chi connectivity index (χ0v) is 16.9. The molecule has 2 aromatic carbocycles. The normalized spacial score (nSPS) is 16.4. The molecule has 1 unspecified atom stereocenters. The quantitative estimate of drug-likeness (QED) is 0.499. The summed E-state index contributed by atoms with van der Waals surface area (Å²) in [5, 5.41) is 4.04. The Morgan fingerprint density at radius 2 is 1.84 bits per heavy atom. The van der Waals surface area contributed by atoms with E-state index >= 15 is 0 Å². The topological polar surface area (TPSA) is 75.7 Å². The molecule has 0 bridgehead atoms. The number of anilines is 1. The number of nitrogens with zero attached hydrogens (tertiary/aromatic N) is 1. The van der Waals surface area contributed by atoms with Crippen molar-refractivity contribution in [2.24, 2.45) is 5.92 Å². The fourth-order valence-corrected chi connectivity index (χ4v) is 4.02. The molecule has 1 aliphatic heterocycles. The van der Waals surface area contributed by atoms with Crippen LogP contribution in [0.4, 0.5) is 5.69 Å². The van der Waals surface area contributed by atoms with Crippen molar-refractivity contribution in [1.29, 1.82) is 0 Å². The lowest BCUT2D eigenvalue weighted by atomic mass is 9.96. The summed E-state index contributed by atoms with van der Waals surface area (Å²) in [5.74, 6) is 0.606. The first-order valence-electron chi connectivity index (χ1n) is 10.4. The highest BCUT2D eigenvalue weighted by Crippen LogP contribution is 2.29. The highest BCUT2D eigenvalue weighted by molar-refractivity contribution is 5.95. The van der Waals surface area contributed by atoms with Crippen LogP contribution in [0.15, 0.2) is 81.8 Å². The molecule has 6 heteroatoms. The monoisotopic (exact) mass is 414 g/mol. The molecule has 0 spiro atoms. The van der Waals surface area contributed by atoms with Gasteiger partial charge in [0, 0.05) is 29.7 Å². The number of carbonyl (C=O) groups is 2. The summed E-state index contributed by atoms with van der Waals surface area (Å²) in [6.07, 6.45) is 3.02. The first-order chi connectivity index (χ1) is 15.2. The SMILES string of the molecule is O=C(Nc1ccc(-c2cc3ccccc3o2)cc1)C1CCCN(C(=O)c2ccco2)C1. The number of amides is 2. The first kappa shape index (κ1) is 19.2. The second-order valence-corrected chi connectivity index (χ2v) is 7.78. The number of benzene rings is 2. The first-order valence-corrected chi connectivity index (χ1v) is 10.4. The maximum Gasteiger partial charge on any atom is 0.289 e. The average molecular weight is 414 g/mol. The number of hydrogen-bond acceptors (Lipinski definition) is 4. The molecule has 3 heterocycles. The Balaban J connectivity index is 1.24. The van der Waals surface area contributed by atoms with Crippen LogP contribution in [0.1, 0.15) is 23.4 Å². The molecule has 4 aromatic rings. The molecule has 0 saturated carbocycles. The molecule has 1 atom stereocenters. The summed E-state index contributed by atoms with van der Waals surface area (Å²) in [6.45, 7) is 1.03. The minimum Gasteiger partial charge on any atom is -0.459 e. The Kier molecular flexibility index (Phi) is 5.04. The predicted molar refractivity (Wildman–Crippen MR) is 118 cm³/mol. The van der Waals surface area contributed by atoms with Crippen LogP contribution in [-0.2, 0) is 4.79 Å². The van der Waals surface area contributed by atoms with Crippen molar-refractivity contribution >= 4 is 28.5 Å². The number of piperidine rings is 1. The van der Waals surface area contributed by atoms with Crippen molar-refractivity contribution in [1.82, 2.24) is 4.90 Å². The number of carbonyl (C=O) groups excluding carboxylic acids is 2. The minimum absolute atomic E-state index is 0.0755. The Hall–Kier alpha value is -3.80. The summed E-state index contributed by atoms with van der Waals surface area (Å²) in [6, 6.07) is 20.8. The van der Waals surface area contributed by atoms with Gasteiger partial charge in [-0.2, -0.15) is 0 Å². The van der Waals surface area contributed by atoms with Crippen molar-refractivity contribution in [2.75, 3.05) is 18.4 Å². The Morgan fingerprint density at radius 1 is 1.00 bits per heavy atom. The van der Waals surface area contributed by atoms with Gasteiger partial charge >= 0.3 is 0 Å². The maximum atomic E-state index is 12.8. The van der Waals surface area contributed by atoms with Gasteiger partial charge in [0.1, 0.15) is 11.3 Å². The Morgan fingerprint density at radius 3 is 2.61 bits per heavy atom. The van der Waals surface area contributed by atoms with Gasteiger partial charge in [-0.15, -0.1) is 0 Å². The van der Waals surface area contributed by atoms with Gasteiger partial charge in [-0.25, -0.2) is 0 Å². The second-order valence-electron chi connectivity index (χ2n) is 7.78. The van der Waals surface area contributed by atoms with Crippen molar-refractivity contribution in [3.05, 3.63) is 78.8 Å². The fraction of sp³-hybridized carbons (Fsp3) is 0.200. The third kappa shape index (κ3) is 3.97. The number of likely N-dealkylation sites (tertiary alicyclic amines) is 1. The van der Waals surface area contributed by atoms with E-state index in [1.807, 2.05) is 54.6 Å². The molecule has 0 radical (unpaired) electrons. The maximum absolute atomic E-state index is 12.8. The molecule has 156 valence electrons. The van der Waals surface area contributed by atoms with Gasteiger partial charge in [0.15, 0.2) is 5.76 Å². The smallest absolute Gasteiger partial charge is 0.289 e. The molecule has 2 amide bonds. The predicted octanol–water partition coefficient (Wildman–Crippen LogP) is 5.18. The van der Waals surface area contributed by atoms with Crippen LogP contribution in [0.5, 0.6) is 0 Å². The molecule has 1 fully saturated rings. The van der Waals surface area contributed by atoms with Crippen LogP contribution >= 0.6 is 0 Å². The van der Waals surface area contributed by atoms with E-state index in [0.717, 1.165) is 40.8 Å². The molecule has 1 aliphatic rings. The fourth-order valence-electron chi connectivity index (χ4n) is 4.02. The van der Waals surface area contributed by atoms with E-state index in [1.54, 1.807) is 17.0 Å². The summed E-state index contributed by atoms with van der Waals surface area (Å²) in [5.41, 5.74) is 2.52. The molecule has 0 aliphatic carbocycles. The van der Waals surface area contributed by atoms with E-state index in [4.69, 9.17) is 8.83 Å². The van der Waals surface area contributed by atoms with Gasteiger partial charge in [-0.3, -0.25) is 9.59 Å². The van der Waals surface area contributed by atoms with Gasteiger partial charge in [-0.05, 0) is 61.4 Å². The number of fused-ring (bicyclic) bond motifs is 1. The Labute approximate surface area is 179 Å². The van der Waals surface area contributed by atoms with Gasteiger partial charge in [0.2, 0.25) is 5.91 Å². The van der Waals surface area contributed by atoms with Gasteiger partial charge in [0.25, 0.3) is 5.91 Å². The number of furan rings is 2. The van der Waals surface area contributed by atoms with Crippen LogP contribution in [0, 0.1) is 5.92 Å². The summed E-state index contributed by atoms with van der Waals surface area (Å²) >= 11 is 0. The van der Waals surface area contributed by atoms with E-state index < -0.39 is 0 Å². The minimum atomic E-state index is -0.247. The highest BCUT2D eigenvalue weighted by atomic mass is 16.3. The van der Waals surface area contributed by atoms with Crippen molar-refractivity contribution in [2.45, 2.75) is 12.8 Å². The third-order valence-electron chi connectivity index (χ3n) is 5.67. The lowest BCUT2D eigenvalue weighted by Gasteiger charge is -2.31. The summed E-state index contributed by atoms with van der Waals surface area (Å²) in [7, 11) is 0. The third-order valence-corrected chi connectivity index (χ3v) is 5.67. The van der Waals surface area contributed by atoms with E-state index in [-0.39, 0.29) is 17.7 Å². The number of rotatable bonds is 4. The summed E-state index contributed by atoms with van der Waals surface area (Å²) in [4.78, 5) is 27.0. The highest BCUT2D eigenvalue weighted by Gasteiger charge is 2.29. The van der Waals surface area contributed by atoms with Crippen LogP contribution < -0.4 is 5.32 Å². The second kappa shape index (κ2) is 8.14. The molecular formula is C25H22N2O4. The van der Waals surface area contributed by atoms with Crippen molar-refractivity contribution in [3.8, 4) is 11.3 Å². The molecule has 1 N–H and O–H groups in total. The summed E-state index contributed by atoms with van der Waals surface area (Å²) < 4.78 is 11.1. The van der Waals surface area contributed by atoms with Crippen LogP contribution in [0.3, 0.4) is 0 Å². The average Bonchev–Trinajstić information content (AvgIpc) is 3.49. The largest absolute Gasteiger partial charge is 0.459 e. The van der Waals surface area contributed by atoms with Crippen LogP contribution in [0.25, 0.3) is 22.3 Å². The molecular weight excluding hydrogens is 392 g/mol. The van der Waals surface area contributed by atoms with E-state index in [0.29, 0.717) is 18.8 Å². The lowest BCUT2D eigenvalue weighted by Crippen LogP contribution is -2.43. The van der Waals surface area contributed by atoms with Crippen LogP contribution in [-0.4, -0.2) is 29.8 Å². The zero-order chi connectivity index (χ0) is 21.2. The standard InChI is InChI=1S/C25H22N2O4/c28-24(19-6-3-13-27(16-19)25(29)22-8-4-14-30-22)26-20-11-9-17(10-12-20)23-15-18-5-1-2-7-21(18)31-23/h1-2,4-5,7-12,14-15,19H,3,6,13,16H2,(H,26,28). The zero-order valence-electron chi connectivity index (χ0n) is 16.9. The van der Waals surface area contributed by atoms with Gasteiger partial charge < -0.3 is 19.1 Å². The van der Waals surface area contributed by atoms with Crippen molar-refractivity contribution < 1.29 is 18.4 Å². The lowest BCUT2D eigenvalue weighted by molar-refractivity contribution is -0.121. The molecule has 6 nitrogen and oxygen atoms in total. The number of para-hydroxylation sites is 1. The van der Waals surface area contributed by atoms with Gasteiger partial charge in [-0.1, -0.05) is 18.2 Å². The van der Waals surface area contributed by atoms with Crippen molar-refractivity contribution in [3.63, 3.8) is 0 Å². The molecule has 1 saturated heterocycles. The number of hydrogen-bond donors (Lipinski definition) is 1. The van der Waals surface area contributed by atoms with E-state index in [2.05, 4.69) is 5.32 Å².